The second-order valence-corrected chi connectivity index (χ2v) is 6.82. The summed E-state index contributed by atoms with van der Waals surface area (Å²) in [5, 5.41) is 12.3. The van der Waals surface area contributed by atoms with Gasteiger partial charge in [0.05, 0.1) is 5.92 Å². The molecule has 0 radical (unpaired) electrons. The van der Waals surface area contributed by atoms with E-state index < -0.39 is 0 Å². The zero-order valence-electron chi connectivity index (χ0n) is 13.4. The molecule has 0 bridgehead atoms. The Labute approximate surface area is 135 Å². The van der Waals surface area contributed by atoms with E-state index in [9.17, 15) is 14.3 Å². The predicted octanol–water partition coefficient (Wildman–Crippen LogP) is 4.22. The quantitative estimate of drug-likeness (QED) is 0.891. The largest absolute Gasteiger partial charge is 0.508 e. The molecule has 0 saturated heterocycles. The molecule has 23 heavy (non-hydrogen) atoms. The van der Waals surface area contributed by atoms with Gasteiger partial charge in [-0.25, -0.2) is 4.39 Å². The normalized spacial score (nSPS) is 21.7. The van der Waals surface area contributed by atoms with Gasteiger partial charge in [0.25, 0.3) is 0 Å². The van der Waals surface area contributed by atoms with E-state index in [2.05, 4.69) is 5.32 Å². The highest BCUT2D eigenvalue weighted by atomic mass is 19.1. The van der Waals surface area contributed by atoms with Crippen LogP contribution >= 0.6 is 0 Å². The molecule has 1 unspecified atom stereocenters. The summed E-state index contributed by atoms with van der Waals surface area (Å²) in [5.41, 5.74) is 2.22. The molecule has 0 spiro atoms. The number of anilines is 1. The fraction of sp³-hybridized carbons (Fsp3) is 0.316. The van der Waals surface area contributed by atoms with E-state index in [0.29, 0.717) is 5.69 Å². The molecule has 2 atom stereocenters. The van der Waals surface area contributed by atoms with Crippen molar-refractivity contribution in [3.8, 4) is 5.75 Å². The number of halogens is 1. The summed E-state index contributed by atoms with van der Waals surface area (Å²) in [5.74, 6) is -0.326. The van der Waals surface area contributed by atoms with Crippen LogP contribution in [0.4, 0.5) is 10.1 Å². The van der Waals surface area contributed by atoms with Crippen molar-refractivity contribution in [3.05, 3.63) is 59.4 Å². The van der Waals surface area contributed by atoms with Crippen LogP contribution < -0.4 is 5.32 Å². The van der Waals surface area contributed by atoms with Crippen LogP contribution in [0.15, 0.2) is 42.5 Å². The van der Waals surface area contributed by atoms with Crippen LogP contribution in [-0.2, 0) is 4.79 Å². The Balaban J connectivity index is 1.80. The number of hydrogen-bond donors (Lipinski definition) is 2. The molecule has 0 aromatic heterocycles. The smallest absolute Gasteiger partial charge is 0.228 e. The standard InChI is InChI=1S/C19H20FNO2/c1-11-4-7-13(20)10-15(11)21-18(23)17-16(19(17,2)3)12-5-8-14(22)9-6-12/h4-10,16-17,22H,1-3H3,(H,21,23)/t16-,17?/m0/s1. The van der Waals surface area contributed by atoms with E-state index in [1.807, 2.05) is 32.9 Å². The van der Waals surface area contributed by atoms with Crippen LogP contribution in [0.25, 0.3) is 0 Å². The Kier molecular flexibility index (Phi) is 3.63. The van der Waals surface area contributed by atoms with Crippen LogP contribution in [0.3, 0.4) is 0 Å². The minimum Gasteiger partial charge on any atom is -0.508 e. The van der Waals surface area contributed by atoms with Gasteiger partial charge in [-0.15, -0.1) is 0 Å². The molecular weight excluding hydrogens is 293 g/mol. The van der Waals surface area contributed by atoms with E-state index >= 15 is 0 Å². The highest BCUT2D eigenvalue weighted by Crippen LogP contribution is 2.64. The molecule has 2 aromatic carbocycles. The molecule has 1 aliphatic carbocycles. The molecule has 0 aliphatic heterocycles. The van der Waals surface area contributed by atoms with Gasteiger partial charge in [0.1, 0.15) is 11.6 Å². The molecule has 0 heterocycles. The third-order valence-corrected chi connectivity index (χ3v) is 4.82. The second kappa shape index (κ2) is 5.37. The lowest BCUT2D eigenvalue weighted by Gasteiger charge is -2.09. The Hall–Kier alpha value is -2.36. The fourth-order valence-corrected chi connectivity index (χ4v) is 3.37. The monoisotopic (exact) mass is 313 g/mol. The first kappa shape index (κ1) is 15.5. The molecule has 4 heteroatoms. The maximum absolute atomic E-state index is 13.4. The average Bonchev–Trinajstić information content (AvgIpc) is 3.06. The van der Waals surface area contributed by atoms with E-state index in [4.69, 9.17) is 0 Å². The fourth-order valence-electron chi connectivity index (χ4n) is 3.37. The van der Waals surface area contributed by atoms with Crippen molar-refractivity contribution < 1.29 is 14.3 Å². The Morgan fingerprint density at radius 2 is 1.83 bits per heavy atom. The minimum absolute atomic E-state index is 0.0944. The Morgan fingerprint density at radius 3 is 2.48 bits per heavy atom. The second-order valence-electron chi connectivity index (χ2n) is 6.82. The maximum Gasteiger partial charge on any atom is 0.228 e. The van der Waals surface area contributed by atoms with Crippen molar-refractivity contribution in [1.82, 2.24) is 0 Å². The van der Waals surface area contributed by atoms with E-state index in [0.717, 1.165) is 11.1 Å². The summed E-state index contributed by atoms with van der Waals surface area (Å²) in [6.07, 6.45) is 0. The van der Waals surface area contributed by atoms with Gasteiger partial charge < -0.3 is 10.4 Å². The van der Waals surface area contributed by atoms with E-state index in [-0.39, 0.29) is 34.7 Å². The van der Waals surface area contributed by atoms with Crippen LogP contribution in [0, 0.1) is 24.1 Å². The molecule has 1 fully saturated rings. The zero-order chi connectivity index (χ0) is 16.8. The van der Waals surface area contributed by atoms with Crippen molar-refractivity contribution >= 4 is 11.6 Å². The van der Waals surface area contributed by atoms with Crippen molar-refractivity contribution in [1.29, 1.82) is 0 Å². The summed E-state index contributed by atoms with van der Waals surface area (Å²) in [7, 11) is 0. The molecule has 1 saturated carbocycles. The number of hydrogen-bond acceptors (Lipinski definition) is 2. The number of aryl methyl sites for hydroxylation is 1. The lowest BCUT2D eigenvalue weighted by Crippen LogP contribution is -2.17. The summed E-state index contributed by atoms with van der Waals surface area (Å²) >= 11 is 0. The van der Waals surface area contributed by atoms with E-state index in [1.165, 1.54) is 12.1 Å². The van der Waals surface area contributed by atoms with Gasteiger partial charge in [0.15, 0.2) is 0 Å². The predicted molar refractivity (Wildman–Crippen MR) is 87.9 cm³/mol. The highest BCUT2D eigenvalue weighted by molar-refractivity contribution is 5.97. The van der Waals surface area contributed by atoms with Crippen molar-refractivity contribution in [2.24, 2.45) is 11.3 Å². The van der Waals surface area contributed by atoms with Crippen LogP contribution in [0.1, 0.15) is 30.9 Å². The number of aromatic hydroxyl groups is 1. The number of carbonyl (C=O) groups excluding carboxylic acids is 1. The van der Waals surface area contributed by atoms with Gasteiger partial charge in [-0.1, -0.05) is 32.0 Å². The van der Waals surface area contributed by atoms with Crippen LogP contribution in [-0.4, -0.2) is 11.0 Å². The number of rotatable bonds is 3. The zero-order valence-corrected chi connectivity index (χ0v) is 13.4. The molecule has 2 N–H and O–H groups in total. The lowest BCUT2D eigenvalue weighted by atomic mass is 10.0. The van der Waals surface area contributed by atoms with Crippen LogP contribution in [0.5, 0.6) is 5.75 Å². The maximum atomic E-state index is 13.4. The summed E-state index contributed by atoms with van der Waals surface area (Å²) in [4.78, 5) is 12.6. The van der Waals surface area contributed by atoms with Gasteiger partial charge >= 0.3 is 0 Å². The number of carbonyl (C=O) groups is 1. The molecule has 120 valence electrons. The highest BCUT2D eigenvalue weighted by Gasteiger charge is 2.62. The lowest BCUT2D eigenvalue weighted by molar-refractivity contribution is -0.118. The average molecular weight is 313 g/mol. The number of nitrogens with one attached hydrogen (secondary N) is 1. The van der Waals surface area contributed by atoms with Gasteiger partial charge in [-0.2, -0.15) is 0 Å². The van der Waals surface area contributed by atoms with Crippen molar-refractivity contribution in [2.45, 2.75) is 26.7 Å². The molecule has 3 nitrogen and oxygen atoms in total. The Morgan fingerprint density at radius 1 is 1.17 bits per heavy atom. The number of phenolic OH excluding ortho intramolecular Hbond substituents is 1. The Bertz CT molecular complexity index is 752. The number of amides is 1. The third kappa shape index (κ3) is 2.81. The number of benzene rings is 2. The molecular formula is C19H20FNO2. The summed E-state index contributed by atoms with van der Waals surface area (Å²) in [6.45, 7) is 5.94. The van der Waals surface area contributed by atoms with Crippen molar-refractivity contribution in [3.63, 3.8) is 0 Å². The third-order valence-electron chi connectivity index (χ3n) is 4.82. The van der Waals surface area contributed by atoms with Gasteiger partial charge in [-0.3, -0.25) is 4.79 Å². The van der Waals surface area contributed by atoms with Gasteiger partial charge in [0, 0.05) is 11.6 Å². The van der Waals surface area contributed by atoms with Gasteiger partial charge in [0.2, 0.25) is 5.91 Å². The first-order valence-electron chi connectivity index (χ1n) is 7.66. The summed E-state index contributed by atoms with van der Waals surface area (Å²) in [6, 6.07) is 11.3. The molecule has 2 aromatic rings. The molecule has 1 aliphatic rings. The minimum atomic E-state index is -0.365. The first-order chi connectivity index (χ1) is 10.8. The molecule has 1 amide bonds. The van der Waals surface area contributed by atoms with Crippen LogP contribution in [0.2, 0.25) is 0 Å². The number of phenols is 1. The topological polar surface area (TPSA) is 49.3 Å². The van der Waals surface area contributed by atoms with E-state index in [1.54, 1.807) is 18.2 Å². The molecule has 3 rings (SSSR count). The first-order valence-corrected chi connectivity index (χ1v) is 7.66. The summed E-state index contributed by atoms with van der Waals surface area (Å²) < 4.78 is 13.4. The van der Waals surface area contributed by atoms with Crippen molar-refractivity contribution in [2.75, 3.05) is 5.32 Å². The van der Waals surface area contributed by atoms with Gasteiger partial charge in [-0.05, 0) is 47.7 Å². The SMILES string of the molecule is Cc1ccc(F)cc1NC(=O)C1[C@H](c2ccc(O)cc2)C1(C)C.